The van der Waals surface area contributed by atoms with Crippen LogP contribution in [0.15, 0.2) is 83.1 Å². The maximum atomic E-state index is 12.4. The first-order valence-electron chi connectivity index (χ1n) is 11.5. The largest absolute Gasteiger partial charge is 0.494 e. The summed E-state index contributed by atoms with van der Waals surface area (Å²) in [4.78, 5) is 12.4. The Hall–Kier alpha value is -3.62. The molecule has 0 atom stereocenters. The van der Waals surface area contributed by atoms with E-state index in [0.29, 0.717) is 22.6 Å². The predicted molar refractivity (Wildman–Crippen MR) is 145 cm³/mol. The molecule has 7 nitrogen and oxygen atoms in total. The van der Waals surface area contributed by atoms with Crippen LogP contribution in [0.4, 0.5) is 0 Å². The van der Waals surface area contributed by atoms with Gasteiger partial charge in [-0.1, -0.05) is 48.0 Å². The summed E-state index contributed by atoms with van der Waals surface area (Å²) in [5.74, 6) is 1.37. The van der Waals surface area contributed by atoms with Crippen LogP contribution in [0.2, 0.25) is 5.02 Å². The number of halogens is 1. The van der Waals surface area contributed by atoms with Crippen molar-refractivity contribution in [2.75, 3.05) is 12.4 Å². The van der Waals surface area contributed by atoms with Crippen LogP contribution in [-0.2, 0) is 4.79 Å². The number of nitrogens with zero attached hydrogens (tertiary/aromatic N) is 4. The number of hydrogen-bond acceptors (Lipinski definition) is 6. The number of hydrogen-bond donors (Lipinski definition) is 1. The maximum absolute atomic E-state index is 12.4. The molecule has 0 bridgehead atoms. The fourth-order valence-electron chi connectivity index (χ4n) is 3.29. The van der Waals surface area contributed by atoms with Crippen molar-refractivity contribution in [3.05, 3.63) is 88.9 Å². The molecular weight excluding hydrogens is 494 g/mol. The molecule has 0 unspecified atom stereocenters. The smallest absolute Gasteiger partial charge is 0.250 e. The van der Waals surface area contributed by atoms with E-state index in [1.54, 1.807) is 6.21 Å². The highest BCUT2D eigenvalue weighted by atomic mass is 35.5. The molecule has 0 aliphatic heterocycles. The van der Waals surface area contributed by atoms with E-state index in [-0.39, 0.29) is 11.7 Å². The number of rotatable bonds is 10. The molecule has 9 heteroatoms. The lowest BCUT2D eigenvalue weighted by atomic mass is 10.2. The third-order valence-corrected chi connectivity index (χ3v) is 6.30. The third-order valence-electron chi connectivity index (χ3n) is 5.12. The van der Waals surface area contributed by atoms with Gasteiger partial charge in [0.05, 0.1) is 18.6 Å². The van der Waals surface area contributed by atoms with Crippen molar-refractivity contribution in [2.45, 2.75) is 25.4 Å². The number of carbonyl (C=O) groups excluding carboxylic acids is 1. The second kappa shape index (κ2) is 12.4. The molecule has 1 N–H and O–H groups in total. The minimum atomic E-state index is -0.245. The first-order chi connectivity index (χ1) is 17.5. The number of hydrazone groups is 1. The number of ether oxygens (including phenoxy) is 1. The predicted octanol–water partition coefficient (Wildman–Crippen LogP) is 5.93. The molecule has 1 heterocycles. The van der Waals surface area contributed by atoms with Crippen molar-refractivity contribution in [3.8, 4) is 22.8 Å². The van der Waals surface area contributed by atoms with Crippen LogP contribution in [0.25, 0.3) is 17.1 Å². The van der Waals surface area contributed by atoms with Gasteiger partial charge in [-0.05, 0) is 79.6 Å². The van der Waals surface area contributed by atoms with Gasteiger partial charge in [-0.25, -0.2) is 5.43 Å². The van der Waals surface area contributed by atoms with Gasteiger partial charge in [0, 0.05) is 16.3 Å². The van der Waals surface area contributed by atoms with Gasteiger partial charge in [-0.2, -0.15) is 5.10 Å². The fraction of sp³-hybridized carbons (Fsp3) is 0.185. The van der Waals surface area contributed by atoms with Crippen molar-refractivity contribution < 1.29 is 9.53 Å². The summed E-state index contributed by atoms with van der Waals surface area (Å²) in [6, 6.07) is 23.0. The highest BCUT2D eigenvalue weighted by Crippen LogP contribution is 2.28. The quantitative estimate of drug-likeness (QED) is 0.159. The molecule has 1 amide bonds. The Morgan fingerprint density at radius 2 is 1.78 bits per heavy atom. The van der Waals surface area contributed by atoms with Crippen molar-refractivity contribution in [3.63, 3.8) is 0 Å². The minimum absolute atomic E-state index is 0.131. The van der Waals surface area contributed by atoms with E-state index in [1.165, 1.54) is 11.8 Å². The molecule has 36 heavy (non-hydrogen) atoms. The zero-order chi connectivity index (χ0) is 25.3. The van der Waals surface area contributed by atoms with Crippen LogP contribution in [0, 0.1) is 6.92 Å². The first kappa shape index (κ1) is 25.5. The Kier molecular flexibility index (Phi) is 8.76. The lowest BCUT2D eigenvalue weighted by molar-refractivity contribution is -0.118. The molecule has 0 saturated carbocycles. The van der Waals surface area contributed by atoms with Gasteiger partial charge in [0.25, 0.3) is 5.91 Å². The molecule has 0 aliphatic carbocycles. The van der Waals surface area contributed by atoms with Gasteiger partial charge in [-0.15, -0.1) is 10.2 Å². The molecule has 0 saturated heterocycles. The SMILES string of the molecule is CCCOc1ccc(C=NNC(=O)CSc2nnc(-c3ccc(Cl)cc3)n2-c2ccc(C)cc2)cc1. The van der Waals surface area contributed by atoms with E-state index in [2.05, 4.69) is 27.6 Å². The summed E-state index contributed by atoms with van der Waals surface area (Å²) in [7, 11) is 0. The number of aromatic nitrogens is 3. The molecular formula is C27H26ClN5O2S. The van der Waals surface area contributed by atoms with E-state index in [0.717, 1.165) is 34.5 Å². The summed E-state index contributed by atoms with van der Waals surface area (Å²) in [5, 5.41) is 14.1. The lowest BCUT2D eigenvalue weighted by Gasteiger charge is -2.10. The topological polar surface area (TPSA) is 81.4 Å². The average Bonchev–Trinajstić information content (AvgIpc) is 3.32. The molecule has 0 spiro atoms. The fourth-order valence-corrected chi connectivity index (χ4v) is 4.16. The van der Waals surface area contributed by atoms with Crippen molar-refractivity contribution >= 4 is 35.5 Å². The summed E-state index contributed by atoms with van der Waals surface area (Å²) in [6.45, 7) is 4.78. The average molecular weight is 520 g/mol. The molecule has 1 aromatic heterocycles. The number of nitrogens with one attached hydrogen (secondary N) is 1. The van der Waals surface area contributed by atoms with Gasteiger partial charge >= 0.3 is 0 Å². The number of aryl methyl sites for hydroxylation is 1. The molecule has 4 aromatic rings. The number of amides is 1. The van der Waals surface area contributed by atoms with E-state index in [1.807, 2.05) is 84.3 Å². The monoisotopic (exact) mass is 519 g/mol. The second-order valence-electron chi connectivity index (χ2n) is 7.98. The van der Waals surface area contributed by atoms with Crippen LogP contribution < -0.4 is 10.2 Å². The molecule has 4 rings (SSSR count). The maximum Gasteiger partial charge on any atom is 0.250 e. The lowest BCUT2D eigenvalue weighted by Crippen LogP contribution is -2.20. The zero-order valence-corrected chi connectivity index (χ0v) is 21.6. The first-order valence-corrected chi connectivity index (χ1v) is 12.9. The standard InChI is InChI=1S/C27H26ClN5O2S/c1-3-16-35-24-14-6-20(7-15-24)17-29-30-25(34)18-36-27-32-31-26(21-8-10-22(28)11-9-21)33(27)23-12-4-19(2)5-13-23/h4-15,17H,3,16,18H2,1-2H3,(H,30,34). The van der Waals surface area contributed by atoms with Gasteiger partial charge in [0.2, 0.25) is 0 Å². The molecule has 0 aliphatic rings. The minimum Gasteiger partial charge on any atom is -0.494 e. The van der Waals surface area contributed by atoms with Crippen LogP contribution in [-0.4, -0.2) is 39.2 Å². The van der Waals surface area contributed by atoms with Crippen molar-refractivity contribution in [1.82, 2.24) is 20.2 Å². The van der Waals surface area contributed by atoms with Gasteiger partial charge in [0.1, 0.15) is 5.75 Å². The van der Waals surface area contributed by atoms with Crippen LogP contribution >= 0.6 is 23.4 Å². The Morgan fingerprint density at radius 3 is 2.47 bits per heavy atom. The molecule has 0 radical (unpaired) electrons. The normalized spacial score (nSPS) is 11.1. The van der Waals surface area contributed by atoms with E-state index in [4.69, 9.17) is 16.3 Å². The van der Waals surface area contributed by atoms with Gasteiger partial charge in [0.15, 0.2) is 11.0 Å². The summed E-state index contributed by atoms with van der Waals surface area (Å²) in [5.41, 5.74) is 6.36. The zero-order valence-electron chi connectivity index (χ0n) is 20.0. The molecule has 0 fully saturated rings. The summed E-state index contributed by atoms with van der Waals surface area (Å²) < 4.78 is 7.51. The van der Waals surface area contributed by atoms with Crippen molar-refractivity contribution in [1.29, 1.82) is 0 Å². The Labute approximate surface area is 219 Å². The molecule has 184 valence electrons. The van der Waals surface area contributed by atoms with Gasteiger partial charge in [-0.3, -0.25) is 9.36 Å². The number of benzene rings is 3. The Morgan fingerprint density at radius 1 is 1.06 bits per heavy atom. The highest BCUT2D eigenvalue weighted by Gasteiger charge is 2.17. The molecule has 3 aromatic carbocycles. The highest BCUT2D eigenvalue weighted by molar-refractivity contribution is 7.99. The van der Waals surface area contributed by atoms with Crippen molar-refractivity contribution in [2.24, 2.45) is 5.10 Å². The van der Waals surface area contributed by atoms with Crippen LogP contribution in [0.3, 0.4) is 0 Å². The van der Waals surface area contributed by atoms with E-state index >= 15 is 0 Å². The van der Waals surface area contributed by atoms with E-state index in [9.17, 15) is 4.79 Å². The van der Waals surface area contributed by atoms with E-state index < -0.39 is 0 Å². The number of carbonyl (C=O) groups is 1. The number of thioether (sulfide) groups is 1. The van der Waals surface area contributed by atoms with Crippen LogP contribution in [0.5, 0.6) is 5.75 Å². The Balaban J connectivity index is 1.43. The van der Waals surface area contributed by atoms with Gasteiger partial charge < -0.3 is 4.74 Å². The third kappa shape index (κ3) is 6.74. The summed E-state index contributed by atoms with van der Waals surface area (Å²) >= 11 is 7.35. The second-order valence-corrected chi connectivity index (χ2v) is 9.36. The Bertz CT molecular complexity index is 1320. The van der Waals surface area contributed by atoms with Crippen LogP contribution in [0.1, 0.15) is 24.5 Å². The summed E-state index contributed by atoms with van der Waals surface area (Å²) in [6.07, 6.45) is 2.55.